The van der Waals surface area contributed by atoms with Gasteiger partial charge in [0, 0.05) is 6.54 Å². The number of benzene rings is 2. The lowest BCUT2D eigenvalue weighted by atomic mass is 10.0. The molecule has 3 nitrogen and oxygen atoms in total. The Labute approximate surface area is 125 Å². The zero-order valence-corrected chi connectivity index (χ0v) is 11.9. The Morgan fingerprint density at radius 3 is 2.19 bits per heavy atom. The normalized spacial score (nSPS) is 14.2. The molecule has 0 radical (unpaired) electrons. The molecule has 2 rings (SSSR count). The highest BCUT2D eigenvalue weighted by Gasteiger charge is 2.18. The summed E-state index contributed by atoms with van der Waals surface area (Å²) in [4.78, 5) is 0. The van der Waals surface area contributed by atoms with Crippen LogP contribution in [0.1, 0.15) is 17.2 Å². The quantitative estimate of drug-likeness (QED) is 0.731. The maximum Gasteiger partial charge on any atom is 0.0965 e. The van der Waals surface area contributed by atoms with Crippen molar-refractivity contribution in [3.05, 3.63) is 77.9 Å². The van der Waals surface area contributed by atoms with Crippen molar-refractivity contribution in [1.29, 1.82) is 0 Å². The molecule has 110 valence electrons. The Bertz CT molecular complexity index is 540. The fourth-order valence-corrected chi connectivity index (χ4v) is 2.14. The van der Waals surface area contributed by atoms with Crippen molar-refractivity contribution < 1.29 is 10.2 Å². The third-order valence-corrected chi connectivity index (χ3v) is 3.33. The van der Waals surface area contributed by atoms with Crippen LogP contribution in [0.2, 0.25) is 0 Å². The van der Waals surface area contributed by atoms with Gasteiger partial charge in [-0.1, -0.05) is 72.8 Å². The Morgan fingerprint density at radius 1 is 0.952 bits per heavy atom. The number of hydrogen-bond acceptors (Lipinski definition) is 3. The first-order chi connectivity index (χ1) is 10.3. The molecule has 0 aliphatic rings. The summed E-state index contributed by atoms with van der Waals surface area (Å²) < 4.78 is 0. The lowest BCUT2D eigenvalue weighted by Crippen LogP contribution is -2.38. The molecule has 0 saturated heterocycles. The molecule has 0 saturated carbocycles. The molecule has 0 aliphatic heterocycles. The van der Waals surface area contributed by atoms with Crippen LogP contribution in [0.5, 0.6) is 0 Å². The molecule has 2 aromatic rings. The molecule has 0 bridgehead atoms. The van der Waals surface area contributed by atoms with Crippen LogP contribution in [0.4, 0.5) is 0 Å². The second-order valence-electron chi connectivity index (χ2n) is 4.87. The minimum absolute atomic E-state index is 0.116. The van der Waals surface area contributed by atoms with Crippen LogP contribution >= 0.6 is 0 Å². The van der Waals surface area contributed by atoms with E-state index in [-0.39, 0.29) is 12.6 Å². The highest BCUT2D eigenvalue weighted by atomic mass is 16.3. The van der Waals surface area contributed by atoms with E-state index in [0.717, 1.165) is 11.1 Å². The summed E-state index contributed by atoms with van der Waals surface area (Å²) in [5.41, 5.74) is 1.93. The molecular formula is C18H21NO2. The predicted molar refractivity (Wildman–Crippen MR) is 85.8 cm³/mol. The standard InChI is InChI=1S/C18H21NO2/c20-14-17(18(21)16-11-5-2-6-12-16)19-13-7-10-15-8-3-1-4-9-15/h1-12,17-21H,13-14H2/b10-7+/t17-,18-/m0/s1. The second-order valence-corrected chi connectivity index (χ2v) is 4.87. The van der Waals surface area contributed by atoms with Gasteiger partial charge in [0.05, 0.1) is 18.8 Å². The maximum absolute atomic E-state index is 10.3. The van der Waals surface area contributed by atoms with E-state index >= 15 is 0 Å². The van der Waals surface area contributed by atoms with Gasteiger partial charge >= 0.3 is 0 Å². The first-order valence-electron chi connectivity index (χ1n) is 7.10. The van der Waals surface area contributed by atoms with E-state index in [1.54, 1.807) is 0 Å². The van der Waals surface area contributed by atoms with E-state index < -0.39 is 6.10 Å². The lowest BCUT2D eigenvalue weighted by Gasteiger charge is -2.22. The molecule has 0 aromatic heterocycles. The van der Waals surface area contributed by atoms with Gasteiger partial charge in [0.25, 0.3) is 0 Å². The monoisotopic (exact) mass is 283 g/mol. The van der Waals surface area contributed by atoms with Crippen molar-refractivity contribution in [3.63, 3.8) is 0 Å². The van der Waals surface area contributed by atoms with Gasteiger partial charge in [0.2, 0.25) is 0 Å². The van der Waals surface area contributed by atoms with Crippen molar-refractivity contribution in [3.8, 4) is 0 Å². The molecular weight excluding hydrogens is 262 g/mol. The van der Waals surface area contributed by atoms with Gasteiger partial charge < -0.3 is 15.5 Å². The SMILES string of the molecule is OC[C@H](NC/C=C/c1ccccc1)[C@@H](O)c1ccccc1. The smallest absolute Gasteiger partial charge is 0.0965 e. The molecule has 0 fully saturated rings. The highest BCUT2D eigenvalue weighted by molar-refractivity contribution is 5.48. The number of nitrogens with one attached hydrogen (secondary N) is 1. The number of hydrogen-bond donors (Lipinski definition) is 3. The van der Waals surface area contributed by atoms with Crippen LogP contribution in [-0.2, 0) is 0 Å². The van der Waals surface area contributed by atoms with Gasteiger partial charge in [-0.15, -0.1) is 0 Å². The van der Waals surface area contributed by atoms with Crippen molar-refractivity contribution in [1.82, 2.24) is 5.32 Å². The summed E-state index contributed by atoms with van der Waals surface area (Å²) in [5.74, 6) is 0. The Hall–Kier alpha value is -1.94. The fraction of sp³-hybridized carbons (Fsp3) is 0.222. The third-order valence-electron chi connectivity index (χ3n) is 3.33. The van der Waals surface area contributed by atoms with Crippen LogP contribution in [0, 0.1) is 0 Å². The summed E-state index contributed by atoms with van der Waals surface area (Å²) in [5, 5.41) is 22.8. The molecule has 0 unspecified atom stereocenters. The molecule has 21 heavy (non-hydrogen) atoms. The zero-order valence-electron chi connectivity index (χ0n) is 11.9. The summed E-state index contributed by atoms with van der Waals surface area (Å²) in [6.07, 6.45) is 3.27. The van der Waals surface area contributed by atoms with Crippen molar-refractivity contribution in [2.24, 2.45) is 0 Å². The van der Waals surface area contributed by atoms with E-state index in [1.165, 1.54) is 0 Å². The summed E-state index contributed by atoms with van der Waals surface area (Å²) in [6.45, 7) is 0.471. The molecule has 0 heterocycles. The van der Waals surface area contributed by atoms with E-state index in [2.05, 4.69) is 5.32 Å². The summed E-state index contributed by atoms with van der Waals surface area (Å²) >= 11 is 0. The third kappa shape index (κ3) is 4.83. The van der Waals surface area contributed by atoms with Crippen LogP contribution in [0.25, 0.3) is 6.08 Å². The molecule has 2 aromatic carbocycles. The average molecular weight is 283 g/mol. The van der Waals surface area contributed by atoms with Gasteiger partial charge in [0.1, 0.15) is 0 Å². The van der Waals surface area contributed by atoms with Crippen molar-refractivity contribution in [2.45, 2.75) is 12.1 Å². The fourth-order valence-electron chi connectivity index (χ4n) is 2.14. The molecule has 0 spiro atoms. The Kier molecular flexibility index (Phi) is 6.16. The second kappa shape index (κ2) is 8.37. The van der Waals surface area contributed by atoms with Gasteiger partial charge in [-0.3, -0.25) is 0 Å². The van der Waals surface area contributed by atoms with Crippen molar-refractivity contribution >= 4 is 6.08 Å². The largest absolute Gasteiger partial charge is 0.395 e. The lowest BCUT2D eigenvalue weighted by molar-refractivity contribution is 0.0921. The van der Waals surface area contributed by atoms with Gasteiger partial charge in [-0.05, 0) is 11.1 Å². The molecule has 0 aliphatic carbocycles. The van der Waals surface area contributed by atoms with Crippen LogP contribution in [-0.4, -0.2) is 29.4 Å². The number of aliphatic hydroxyl groups is 2. The Morgan fingerprint density at radius 2 is 1.57 bits per heavy atom. The van der Waals surface area contributed by atoms with E-state index in [0.29, 0.717) is 6.54 Å². The van der Waals surface area contributed by atoms with Crippen LogP contribution in [0.15, 0.2) is 66.7 Å². The van der Waals surface area contributed by atoms with Gasteiger partial charge in [0.15, 0.2) is 0 Å². The van der Waals surface area contributed by atoms with E-state index in [1.807, 2.05) is 72.8 Å². The minimum atomic E-state index is -0.721. The van der Waals surface area contributed by atoms with Gasteiger partial charge in [-0.25, -0.2) is 0 Å². The number of rotatable bonds is 7. The maximum atomic E-state index is 10.3. The molecule has 0 amide bonds. The highest BCUT2D eigenvalue weighted by Crippen LogP contribution is 2.16. The zero-order chi connectivity index (χ0) is 14.9. The first-order valence-corrected chi connectivity index (χ1v) is 7.10. The first kappa shape index (κ1) is 15.4. The Balaban J connectivity index is 1.87. The van der Waals surface area contributed by atoms with E-state index in [4.69, 9.17) is 0 Å². The molecule has 3 heteroatoms. The average Bonchev–Trinajstić information content (AvgIpc) is 2.56. The number of aliphatic hydroxyl groups excluding tert-OH is 2. The molecule has 3 N–H and O–H groups in total. The van der Waals surface area contributed by atoms with Crippen LogP contribution < -0.4 is 5.32 Å². The van der Waals surface area contributed by atoms with E-state index in [9.17, 15) is 10.2 Å². The summed E-state index contributed by atoms with van der Waals surface area (Å²) in [6, 6.07) is 19.0. The van der Waals surface area contributed by atoms with Crippen LogP contribution in [0.3, 0.4) is 0 Å². The molecule has 2 atom stereocenters. The van der Waals surface area contributed by atoms with Gasteiger partial charge in [-0.2, -0.15) is 0 Å². The topological polar surface area (TPSA) is 52.5 Å². The van der Waals surface area contributed by atoms with Crippen molar-refractivity contribution in [2.75, 3.05) is 13.2 Å². The summed E-state index contributed by atoms with van der Waals surface area (Å²) in [7, 11) is 0. The minimum Gasteiger partial charge on any atom is -0.395 e. The predicted octanol–water partition coefficient (Wildman–Crippen LogP) is 2.38.